The van der Waals surface area contributed by atoms with Gasteiger partial charge in [-0.25, -0.2) is 0 Å². The summed E-state index contributed by atoms with van der Waals surface area (Å²) in [5.41, 5.74) is 5.67. The number of nitriles is 1. The molecule has 0 aromatic rings. The van der Waals surface area contributed by atoms with Gasteiger partial charge in [-0.15, -0.1) is 0 Å². The van der Waals surface area contributed by atoms with Gasteiger partial charge in [-0.05, 0) is 18.3 Å². The summed E-state index contributed by atoms with van der Waals surface area (Å²) in [5, 5.41) is 8.69. The number of rotatable bonds is 2. The topological polar surface area (TPSA) is 49.8 Å². The van der Waals surface area contributed by atoms with Gasteiger partial charge in [0.1, 0.15) is 5.54 Å². The van der Waals surface area contributed by atoms with Crippen LogP contribution in [0.2, 0.25) is 0 Å². The SMILES string of the molecule is CCC1(CC)CC(N)(C#N)C1. The van der Waals surface area contributed by atoms with Crippen LogP contribution >= 0.6 is 0 Å². The lowest BCUT2D eigenvalue weighted by atomic mass is 9.56. The lowest BCUT2D eigenvalue weighted by molar-refractivity contribution is 0.0535. The summed E-state index contributed by atoms with van der Waals surface area (Å²) in [7, 11) is 0. The maximum absolute atomic E-state index is 8.69. The van der Waals surface area contributed by atoms with Crippen molar-refractivity contribution >= 4 is 0 Å². The average Bonchev–Trinajstić information content (AvgIpc) is 1.98. The number of hydrogen-bond donors (Lipinski definition) is 1. The van der Waals surface area contributed by atoms with Crippen molar-refractivity contribution in [3.05, 3.63) is 0 Å². The van der Waals surface area contributed by atoms with Crippen LogP contribution in [0, 0.1) is 16.7 Å². The molecule has 0 atom stereocenters. The lowest BCUT2D eigenvalue weighted by Gasteiger charge is -2.50. The monoisotopic (exact) mass is 152 g/mol. The van der Waals surface area contributed by atoms with Crippen LogP contribution in [-0.2, 0) is 0 Å². The van der Waals surface area contributed by atoms with E-state index in [1.54, 1.807) is 0 Å². The van der Waals surface area contributed by atoms with Crippen LogP contribution in [0.4, 0.5) is 0 Å². The Morgan fingerprint density at radius 1 is 1.36 bits per heavy atom. The summed E-state index contributed by atoms with van der Waals surface area (Å²) in [5.74, 6) is 0. The van der Waals surface area contributed by atoms with E-state index in [9.17, 15) is 0 Å². The van der Waals surface area contributed by atoms with Crippen LogP contribution in [-0.4, -0.2) is 5.54 Å². The molecule has 1 rings (SSSR count). The Morgan fingerprint density at radius 3 is 2.09 bits per heavy atom. The van der Waals surface area contributed by atoms with Crippen molar-refractivity contribution in [2.45, 2.75) is 45.1 Å². The molecule has 2 heteroatoms. The smallest absolute Gasteiger partial charge is 0.105 e. The lowest BCUT2D eigenvalue weighted by Crippen LogP contribution is -2.56. The third-order valence-electron chi connectivity index (χ3n) is 3.10. The van der Waals surface area contributed by atoms with Crippen LogP contribution in [0.5, 0.6) is 0 Å². The third-order valence-corrected chi connectivity index (χ3v) is 3.10. The minimum Gasteiger partial charge on any atom is -0.313 e. The zero-order chi connectivity index (χ0) is 8.54. The Labute approximate surface area is 68.4 Å². The van der Waals surface area contributed by atoms with Crippen LogP contribution in [0.25, 0.3) is 0 Å². The number of nitrogens with two attached hydrogens (primary N) is 1. The van der Waals surface area contributed by atoms with Crippen molar-refractivity contribution in [1.29, 1.82) is 5.26 Å². The van der Waals surface area contributed by atoms with Gasteiger partial charge in [0.05, 0.1) is 6.07 Å². The highest BCUT2D eigenvalue weighted by molar-refractivity contribution is 5.18. The van der Waals surface area contributed by atoms with E-state index in [4.69, 9.17) is 11.0 Å². The third kappa shape index (κ3) is 1.25. The predicted octanol–water partition coefficient (Wildman–Crippen LogP) is 1.81. The van der Waals surface area contributed by atoms with E-state index in [0.29, 0.717) is 5.41 Å². The first-order valence-corrected chi connectivity index (χ1v) is 4.30. The van der Waals surface area contributed by atoms with Gasteiger partial charge in [0.15, 0.2) is 0 Å². The van der Waals surface area contributed by atoms with Gasteiger partial charge < -0.3 is 5.73 Å². The highest BCUT2D eigenvalue weighted by Crippen LogP contribution is 2.51. The van der Waals surface area contributed by atoms with E-state index in [0.717, 1.165) is 25.7 Å². The van der Waals surface area contributed by atoms with Gasteiger partial charge in [-0.2, -0.15) is 5.26 Å². The summed E-state index contributed by atoms with van der Waals surface area (Å²) in [6.45, 7) is 4.36. The molecule has 0 saturated heterocycles. The summed E-state index contributed by atoms with van der Waals surface area (Å²) in [6.07, 6.45) is 4.10. The molecule has 1 aliphatic carbocycles. The Balaban J connectivity index is 2.56. The molecule has 1 fully saturated rings. The molecule has 11 heavy (non-hydrogen) atoms. The fourth-order valence-corrected chi connectivity index (χ4v) is 2.12. The molecule has 0 heterocycles. The highest BCUT2D eigenvalue weighted by Gasteiger charge is 2.50. The van der Waals surface area contributed by atoms with E-state index >= 15 is 0 Å². The molecule has 0 spiro atoms. The molecule has 0 radical (unpaired) electrons. The standard InChI is InChI=1S/C9H16N2/c1-3-8(4-2)5-9(11,6-8)7-10/h3-6,11H2,1-2H3. The molecular formula is C9H16N2. The maximum Gasteiger partial charge on any atom is 0.105 e. The van der Waals surface area contributed by atoms with E-state index < -0.39 is 5.54 Å². The largest absolute Gasteiger partial charge is 0.313 e. The second-order valence-electron chi connectivity index (χ2n) is 3.83. The Morgan fingerprint density at radius 2 is 1.82 bits per heavy atom. The zero-order valence-corrected chi connectivity index (χ0v) is 7.35. The second-order valence-corrected chi connectivity index (χ2v) is 3.83. The molecule has 1 saturated carbocycles. The van der Waals surface area contributed by atoms with Crippen molar-refractivity contribution in [2.75, 3.05) is 0 Å². The van der Waals surface area contributed by atoms with E-state index in [2.05, 4.69) is 19.9 Å². The van der Waals surface area contributed by atoms with Gasteiger partial charge in [0.2, 0.25) is 0 Å². The summed E-state index contributed by atoms with van der Waals surface area (Å²) >= 11 is 0. The number of nitrogens with zero attached hydrogens (tertiary/aromatic N) is 1. The van der Waals surface area contributed by atoms with Crippen LogP contribution in [0.3, 0.4) is 0 Å². The van der Waals surface area contributed by atoms with Gasteiger partial charge in [-0.3, -0.25) is 0 Å². The second kappa shape index (κ2) is 2.49. The van der Waals surface area contributed by atoms with Crippen LogP contribution < -0.4 is 5.73 Å². The van der Waals surface area contributed by atoms with Crippen molar-refractivity contribution in [2.24, 2.45) is 11.1 Å². The summed E-state index contributed by atoms with van der Waals surface area (Å²) in [6, 6.07) is 2.18. The van der Waals surface area contributed by atoms with Gasteiger partial charge in [0, 0.05) is 0 Å². The Bertz CT molecular complexity index is 178. The fraction of sp³-hybridized carbons (Fsp3) is 0.889. The molecule has 0 amide bonds. The Kier molecular flexibility index (Phi) is 1.94. The molecule has 1 aliphatic rings. The minimum atomic E-state index is -0.494. The Hall–Kier alpha value is -0.550. The van der Waals surface area contributed by atoms with Crippen LogP contribution in [0.1, 0.15) is 39.5 Å². The van der Waals surface area contributed by atoms with Gasteiger partial charge in [0.25, 0.3) is 0 Å². The molecule has 0 aliphatic heterocycles. The normalized spacial score (nSPS) is 25.3. The van der Waals surface area contributed by atoms with Crippen LogP contribution in [0.15, 0.2) is 0 Å². The maximum atomic E-state index is 8.69. The van der Waals surface area contributed by atoms with Crippen molar-refractivity contribution in [1.82, 2.24) is 0 Å². The van der Waals surface area contributed by atoms with Gasteiger partial charge in [-0.1, -0.05) is 26.7 Å². The first-order valence-electron chi connectivity index (χ1n) is 4.30. The summed E-state index contributed by atoms with van der Waals surface area (Å²) < 4.78 is 0. The molecule has 0 bridgehead atoms. The fourth-order valence-electron chi connectivity index (χ4n) is 2.12. The molecule has 62 valence electrons. The van der Waals surface area contributed by atoms with E-state index in [1.807, 2.05) is 0 Å². The molecule has 2 N–H and O–H groups in total. The van der Waals surface area contributed by atoms with Crippen molar-refractivity contribution in [3.8, 4) is 6.07 Å². The minimum absolute atomic E-state index is 0.393. The van der Waals surface area contributed by atoms with Crippen molar-refractivity contribution in [3.63, 3.8) is 0 Å². The predicted molar refractivity (Wildman–Crippen MR) is 44.8 cm³/mol. The first-order chi connectivity index (χ1) is 5.10. The molecule has 0 aromatic heterocycles. The highest BCUT2D eigenvalue weighted by atomic mass is 14.8. The number of hydrogen-bond acceptors (Lipinski definition) is 2. The quantitative estimate of drug-likeness (QED) is 0.656. The van der Waals surface area contributed by atoms with Gasteiger partial charge >= 0.3 is 0 Å². The average molecular weight is 152 g/mol. The van der Waals surface area contributed by atoms with E-state index in [-0.39, 0.29) is 0 Å². The van der Waals surface area contributed by atoms with E-state index in [1.165, 1.54) is 0 Å². The first kappa shape index (κ1) is 8.55. The van der Waals surface area contributed by atoms with Crippen molar-refractivity contribution < 1.29 is 0 Å². The molecule has 0 aromatic carbocycles. The molecule has 2 nitrogen and oxygen atoms in total. The molecule has 0 unspecified atom stereocenters. The summed E-state index contributed by atoms with van der Waals surface area (Å²) in [4.78, 5) is 0. The molecular weight excluding hydrogens is 136 g/mol. The zero-order valence-electron chi connectivity index (χ0n) is 7.35.